The summed E-state index contributed by atoms with van der Waals surface area (Å²) in [5.74, 6) is -0.159. The van der Waals surface area contributed by atoms with Crippen molar-refractivity contribution in [1.82, 2.24) is 10.2 Å². The molecule has 100 valence electrons. The van der Waals surface area contributed by atoms with Crippen LogP contribution in [0.2, 0.25) is 0 Å². The van der Waals surface area contributed by atoms with Crippen LogP contribution >= 0.6 is 0 Å². The molecule has 0 radical (unpaired) electrons. The van der Waals surface area contributed by atoms with Crippen LogP contribution < -0.4 is 15.2 Å². The van der Waals surface area contributed by atoms with Crippen molar-refractivity contribution in [3.05, 3.63) is 23.8 Å². The lowest BCUT2D eigenvalue weighted by atomic mass is 10.1. The maximum absolute atomic E-state index is 11.2. The molecule has 2 rings (SSSR count). The van der Waals surface area contributed by atoms with Gasteiger partial charge in [-0.25, -0.2) is 4.79 Å². The van der Waals surface area contributed by atoms with E-state index < -0.39 is 5.97 Å². The Morgan fingerprint density at radius 3 is 2.58 bits per heavy atom. The van der Waals surface area contributed by atoms with Gasteiger partial charge >= 0.3 is 5.97 Å². The summed E-state index contributed by atoms with van der Waals surface area (Å²) in [6.07, 6.45) is 0. The first-order valence-corrected chi connectivity index (χ1v) is 5.38. The molecule has 1 aromatic carbocycles. The highest BCUT2D eigenvalue weighted by Crippen LogP contribution is 2.33. The van der Waals surface area contributed by atoms with E-state index in [4.69, 9.17) is 20.3 Å². The van der Waals surface area contributed by atoms with Crippen LogP contribution in [0.3, 0.4) is 0 Å². The summed E-state index contributed by atoms with van der Waals surface area (Å²) < 4.78 is 10.3. The lowest BCUT2D eigenvalue weighted by molar-refractivity contribution is 0.0699. The van der Waals surface area contributed by atoms with E-state index in [1.165, 1.54) is 14.2 Å². The number of nitrogens with one attached hydrogen (secondary N) is 1. The number of methoxy groups -OCH3 is 2. The van der Waals surface area contributed by atoms with E-state index in [-0.39, 0.29) is 11.4 Å². The number of aromatic amines is 1. The molecule has 4 N–H and O–H groups in total. The Labute approximate surface area is 109 Å². The second kappa shape index (κ2) is 4.89. The maximum Gasteiger partial charge on any atom is 0.341 e. The quantitative estimate of drug-likeness (QED) is 0.768. The number of carboxylic acid groups (broad SMARTS) is 1. The van der Waals surface area contributed by atoms with Crippen molar-refractivity contribution in [1.29, 1.82) is 0 Å². The highest BCUT2D eigenvalue weighted by Gasteiger charge is 2.20. The number of nitrogens with zero attached hydrogens (tertiary/aromatic N) is 1. The molecule has 0 atom stereocenters. The van der Waals surface area contributed by atoms with Gasteiger partial charge in [-0.05, 0) is 18.2 Å². The zero-order chi connectivity index (χ0) is 14.0. The minimum Gasteiger partial charge on any atom is -0.493 e. The molecule has 7 heteroatoms. The number of hydrogen-bond donors (Lipinski definition) is 3. The standard InChI is InChI=1S/C12H13N3O4/c1-18-7-4-3-6(5-8(7)19-2)10-9(12(16)17)11(13)15-14-10/h3-5H,1-2H3,(H,16,17)(H3,13,14,15). The van der Waals surface area contributed by atoms with E-state index in [1.54, 1.807) is 18.2 Å². The lowest BCUT2D eigenvalue weighted by Gasteiger charge is -2.09. The van der Waals surface area contributed by atoms with Crippen LogP contribution in [-0.2, 0) is 0 Å². The Morgan fingerprint density at radius 1 is 1.32 bits per heavy atom. The Bertz CT molecular complexity index is 621. The summed E-state index contributed by atoms with van der Waals surface area (Å²) in [7, 11) is 3.02. The zero-order valence-corrected chi connectivity index (χ0v) is 10.4. The fourth-order valence-corrected chi connectivity index (χ4v) is 1.77. The molecule has 0 saturated carbocycles. The number of nitrogens with two attached hydrogens (primary N) is 1. The van der Waals surface area contributed by atoms with Gasteiger partial charge in [0.1, 0.15) is 5.56 Å². The first-order valence-electron chi connectivity index (χ1n) is 5.38. The Morgan fingerprint density at radius 2 is 2.00 bits per heavy atom. The van der Waals surface area contributed by atoms with Crippen LogP contribution in [-0.4, -0.2) is 35.5 Å². The predicted octanol–water partition coefficient (Wildman–Crippen LogP) is 1.37. The monoisotopic (exact) mass is 263 g/mol. The summed E-state index contributed by atoms with van der Waals surface area (Å²) in [6.45, 7) is 0. The molecule has 0 aliphatic heterocycles. The van der Waals surface area contributed by atoms with Crippen LogP contribution in [0, 0.1) is 0 Å². The number of rotatable bonds is 4. The van der Waals surface area contributed by atoms with E-state index in [9.17, 15) is 4.79 Å². The Kier molecular flexibility index (Phi) is 3.28. The summed E-state index contributed by atoms with van der Waals surface area (Å²) in [5, 5.41) is 15.4. The molecule has 2 aromatic rings. The molecule has 0 bridgehead atoms. The summed E-state index contributed by atoms with van der Waals surface area (Å²) in [4.78, 5) is 11.2. The van der Waals surface area contributed by atoms with Gasteiger partial charge in [-0.1, -0.05) is 0 Å². The molecule has 0 aliphatic rings. The van der Waals surface area contributed by atoms with Gasteiger partial charge in [-0.2, -0.15) is 5.10 Å². The molecule has 0 unspecified atom stereocenters. The highest BCUT2D eigenvalue weighted by molar-refractivity contribution is 5.99. The van der Waals surface area contributed by atoms with Crippen molar-refractivity contribution in [3.8, 4) is 22.8 Å². The third-order valence-corrected chi connectivity index (χ3v) is 2.68. The minimum atomic E-state index is -1.14. The van der Waals surface area contributed by atoms with Crippen LogP contribution in [0.25, 0.3) is 11.3 Å². The largest absolute Gasteiger partial charge is 0.493 e. The Balaban J connectivity index is 2.57. The van der Waals surface area contributed by atoms with Gasteiger partial charge < -0.3 is 20.3 Å². The summed E-state index contributed by atoms with van der Waals surface area (Å²) >= 11 is 0. The third-order valence-electron chi connectivity index (χ3n) is 2.68. The topological polar surface area (TPSA) is 110 Å². The molecular weight excluding hydrogens is 250 g/mol. The van der Waals surface area contributed by atoms with E-state index in [1.807, 2.05) is 0 Å². The number of nitrogen functional groups attached to an aromatic ring is 1. The second-order valence-corrected chi connectivity index (χ2v) is 3.73. The molecule has 0 spiro atoms. The van der Waals surface area contributed by atoms with Crippen molar-refractivity contribution in [2.75, 3.05) is 20.0 Å². The molecular formula is C12H13N3O4. The third kappa shape index (κ3) is 2.17. The molecule has 1 aromatic heterocycles. The number of H-pyrrole nitrogens is 1. The number of aromatic carboxylic acids is 1. The number of hydrogen-bond acceptors (Lipinski definition) is 5. The highest BCUT2D eigenvalue weighted by atomic mass is 16.5. The van der Waals surface area contributed by atoms with Gasteiger partial charge in [0.25, 0.3) is 0 Å². The van der Waals surface area contributed by atoms with Gasteiger partial charge in [-0.15, -0.1) is 0 Å². The maximum atomic E-state index is 11.2. The Hall–Kier alpha value is -2.70. The minimum absolute atomic E-state index is 0.0581. The predicted molar refractivity (Wildman–Crippen MR) is 68.5 cm³/mol. The average molecular weight is 263 g/mol. The van der Waals surface area contributed by atoms with Crippen molar-refractivity contribution in [2.24, 2.45) is 0 Å². The molecule has 0 aliphatic carbocycles. The number of carbonyl (C=O) groups is 1. The number of ether oxygens (including phenoxy) is 2. The lowest BCUT2D eigenvalue weighted by Crippen LogP contribution is -2.01. The number of benzene rings is 1. The van der Waals surface area contributed by atoms with Crippen LogP contribution in [0.4, 0.5) is 5.82 Å². The molecule has 0 amide bonds. The van der Waals surface area contributed by atoms with E-state index >= 15 is 0 Å². The fraction of sp³-hybridized carbons (Fsp3) is 0.167. The van der Waals surface area contributed by atoms with Crippen molar-refractivity contribution >= 4 is 11.8 Å². The number of anilines is 1. The van der Waals surface area contributed by atoms with Crippen LogP contribution in [0.1, 0.15) is 10.4 Å². The van der Waals surface area contributed by atoms with E-state index in [2.05, 4.69) is 10.2 Å². The van der Waals surface area contributed by atoms with Crippen molar-refractivity contribution in [2.45, 2.75) is 0 Å². The molecule has 0 saturated heterocycles. The molecule has 1 heterocycles. The second-order valence-electron chi connectivity index (χ2n) is 3.73. The average Bonchev–Trinajstić information content (AvgIpc) is 2.79. The van der Waals surface area contributed by atoms with E-state index in [0.717, 1.165) is 0 Å². The van der Waals surface area contributed by atoms with Gasteiger partial charge in [0, 0.05) is 5.56 Å². The smallest absolute Gasteiger partial charge is 0.341 e. The van der Waals surface area contributed by atoms with Crippen LogP contribution in [0.5, 0.6) is 11.5 Å². The first-order chi connectivity index (χ1) is 9.08. The van der Waals surface area contributed by atoms with Crippen molar-refractivity contribution < 1.29 is 19.4 Å². The van der Waals surface area contributed by atoms with Gasteiger partial charge in [0.05, 0.1) is 19.9 Å². The van der Waals surface area contributed by atoms with Crippen molar-refractivity contribution in [3.63, 3.8) is 0 Å². The summed E-state index contributed by atoms with van der Waals surface area (Å²) in [6, 6.07) is 5.02. The SMILES string of the molecule is COc1ccc(-c2[nH]nc(N)c2C(=O)O)cc1OC. The van der Waals surface area contributed by atoms with Gasteiger partial charge in [0.2, 0.25) is 0 Å². The van der Waals surface area contributed by atoms with Gasteiger partial charge in [-0.3, -0.25) is 5.10 Å². The fourth-order valence-electron chi connectivity index (χ4n) is 1.77. The van der Waals surface area contributed by atoms with Crippen LogP contribution in [0.15, 0.2) is 18.2 Å². The molecule has 7 nitrogen and oxygen atoms in total. The molecule has 0 fully saturated rings. The zero-order valence-electron chi connectivity index (χ0n) is 10.4. The number of aromatic nitrogens is 2. The van der Waals surface area contributed by atoms with E-state index in [0.29, 0.717) is 22.8 Å². The van der Waals surface area contributed by atoms with Gasteiger partial charge in [0.15, 0.2) is 17.3 Å². The number of carboxylic acids is 1. The first kappa shape index (κ1) is 12.7. The normalized spacial score (nSPS) is 10.2. The molecule has 19 heavy (non-hydrogen) atoms. The summed E-state index contributed by atoms with van der Waals surface area (Å²) in [5.41, 5.74) is 6.39.